The van der Waals surface area contributed by atoms with Crippen LogP contribution in [0.15, 0.2) is 27.7 Å². The number of rotatable bonds is 1. The lowest BCUT2D eigenvalue weighted by Crippen LogP contribution is -2.04. The third-order valence-electron chi connectivity index (χ3n) is 1.63. The third kappa shape index (κ3) is 3.50. The Kier molecular flexibility index (Phi) is 4.26. The van der Waals surface area contributed by atoms with Crippen molar-refractivity contribution in [3.05, 3.63) is 38.8 Å². The Morgan fingerprint density at radius 1 is 1.07 bits per heavy atom. The van der Waals surface area contributed by atoms with E-state index < -0.39 is 11.7 Å². The lowest BCUT2D eigenvalue weighted by Gasteiger charge is -2.07. The van der Waals surface area contributed by atoms with Crippen molar-refractivity contribution in [3.63, 3.8) is 0 Å². The van der Waals surface area contributed by atoms with E-state index >= 15 is 0 Å². The summed E-state index contributed by atoms with van der Waals surface area (Å²) in [6, 6.07) is 4.60. The minimum absolute atomic E-state index is 0.323. The molecule has 0 fully saturated rings. The van der Waals surface area contributed by atoms with Crippen LogP contribution in [0, 0.1) is 0 Å². The van der Waals surface area contributed by atoms with Crippen molar-refractivity contribution >= 4 is 48.5 Å². The van der Waals surface area contributed by atoms with Gasteiger partial charge in [0.05, 0.1) is 14.0 Å². The molecule has 0 aliphatic rings. The standard InChI is InChI=1S/C9H4Br2ClF3/c10-8(11)7(12)5-1-3-6(4-2-5)9(13,14)15/h1-4H. The van der Waals surface area contributed by atoms with E-state index in [2.05, 4.69) is 31.9 Å². The molecule has 1 aromatic rings. The van der Waals surface area contributed by atoms with Crippen LogP contribution in [0.5, 0.6) is 0 Å². The number of hydrogen-bond donors (Lipinski definition) is 0. The van der Waals surface area contributed by atoms with Gasteiger partial charge in [0.1, 0.15) is 0 Å². The Hall–Kier alpha value is -0.000000000000000111. The van der Waals surface area contributed by atoms with Gasteiger partial charge in [0.25, 0.3) is 0 Å². The molecule has 0 radical (unpaired) electrons. The van der Waals surface area contributed by atoms with Crippen molar-refractivity contribution in [1.82, 2.24) is 0 Å². The second-order valence-electron chi connectivity index (χ2n) is 2.65. The summed E-state index contributed by atoms with van der Waals surface area (Å²) in [5, 5.41) is 0.323. The number of hydrogen-bond acceptors (Lipinski definition) is 0. The Morgan fingerprint density at radius 3 is 1.87 bits per heavy atom. The Morgan fingerprint density at radius 2 is 1.53 bits per heavy atom. The molecule has 0 saturated carbocycles. The molecule has 0 unspecified atom stereocenters. The molecule has 0 aliphatic carbocycles. The van der Waals surface area contributed by atoms with Crippen molar-refractivity contribution in [3.8, 4) is 0 Å². The number of benzene rings is 1. The van der Waals surface area contributed by atoms with Gasteiger partial charge in [0, 0.05) is 0 Å². The highest BCUT2D eigenvalue weighted by Crippen LogP contribution is 2.33. The highest BCUT2D eigenvalue weighted by Gasteiger charge is 2.29. The summed E-state index contributed by atoms with van der Waals surface area (Å²) in [7, 11) is 0. The van der Waals surface area contributed by atoms with Crippen molar-refractivity contribution in [2.24, 2.45) is 0 Å². The van der Waals surface area contributed by atoms with Gasteiger partial charge in [0.15, 0.2) is 0 Å². The average Bonchev–Trinajstić information content (AvgIpc) is 2.15. The molecule has 0 nitrogen and oxygen atoms in total. The molecule has 0 saturated heterocycles. The quantitative estimate of drug-likeness (QED) is 0.629. The predicted molar refractivity (Wildman–Crippen MR) is 62.1 cm³/mol. The summed E-state index contributed by atoms with van der Waals surface area (Å²) in [5.41, 5.74) is -0.185. The molecule has 82 valence electrons. The third-order valence-corrected chi connectivity index (χ3v) is 3.29. The van der Waals surface area contributed by atoms with Gasteiger partial charge in [0.2, 0.25) is 0 Å². The van der Waals surface area contributed by atoms with Crippen molar-refractivity contribution in [2.75, 3.05) is 0 Å². The van der Waals surface area contributed by atoms with Crippen LogP contribution in [-0.2, 0) is 6.18 Å². The van der Waals surface area contributed by atoms with E-state index in [0.29, 0.717) is 14.0 Å². The molecule has 0 amide bonds. The fourth-order valence-electron chi connectivity index (χ4n) is 0.915. The Labute approximate surface area is 106 Å². The summed E-state index contributed by atoms with van der Waals surface area (Å²) in [6.45, 7) is 0. The topological polar surface area (TPSA) is 0 Å². The smallest absolute Gasteiger partial charge is 0.166 e. The molecular formula is C9H4Br2ClF3. The lowest BCUT2D eigenvalue weighted by molar-refractivity contribution is -0.137. The van der Waals surface area contributed by atoms with Crippen LogP contribution in [0.1, 0.15) is 11.1 Å². The zero-order valence-corrected chi connectivity index (χ0v) is 11.0. The maximum Gasteiger partial charge on any atom is 0.416 e. The molecule has 6 heteroatoms. The van der Waals surface area contributed by atoms with E-state index in [1.54, 1.807) is 0 Å². The van der Waals surface area contributed by atoms with Crippen molar-refractivity contribution in [1.29, 1.82) is 0 Å². The fourth-order valence-corrected chi connectivity index (χ4v) is 1.50. The molecule has 0 heterocycles. The second-order valence-corrected chi connectivity index (χ2v) is 5.68. The summed E-state index contributed by atoms with van der Waals surface area (Å²) in [6.07, 6.45) is -4.32. The van der Waals surface area contributed by atoms with Crippen LogP contribution in [-0.4, -0.2) is 0 Å². The maximum atomic E-state index is 12.2. The molecule has 0 spiro atoms. The first-order valence-corrected chi connectivity index (χ1v) is 5.67. The zero-order chi connectivity index (χ0) is 11.6. The van der Waals surface area contributed by atoms with E-state index in [-0.39, 0.29) is 0 Å². The van der Waals surface area contributed by atoms with Gasteiger partial charge in [-0.25, -0.2) is 0 Å². The summed E-state index contributed by atoms with van der Waals surface area (Å²) in [5.74, 6) is 0. The van der Waals surface area contributed by atoms with E-state index in [1.807, 2.05) is 0 Å². The first-order chi connectivity index (χ1) is 6.82. The molecular weight excluding hydrogens is 360 g/mol. The van der Waals surface area contributed by atoms with E-state index in [9.17, 15) is 13.2 Å². The highest BCUT2D eigenvalue weighted by molar-refractivity contribution is 9.28. The minimum Gasteiger partial charge on any atom is -0.166 e. The molecule has 0 N–H and O–H groups in total. The Balaban J connectivity index is 3.07. The van der Waals surface area contributed by atoms with Gasteiger partial charge in [-0.15, -0.1) is 0 Å². The van der Waals surface area contributed by atoms with Crippen LogP contribution in [0.3, 0.4) is 0 Å². The van der Waals surface area contributed by atoms with Gasteiger partial charge in [-0.2, -0.15) is 13.2 Å². The van der Waals surface area contributed by atoms with Gasteiger partial charge >= 0.3 is 6.18 Å². The van der Waals surface area contributed by atoms with E-state index in [0.717, 1.165) is 12.1 Å². The highest BCUT2D eigenvalue weighted by atomic mass is 79.9. The minimum atomic E-state index is -4.32. The SMILES string of the molecule is FC(F)(F)c1ccc(C(Cl)=C(Br)Br)cc1. The molecule has 0 bridgehead atoms. The summed E-state index contributed by atoms with van der Waals surface area (Å²) >= 11 is 12.0. The molecule has 0 atom stereocenters. The summed E-state index contributed by atoms with van der Waals surface area (Å²) in [4.78, 5) is 0. The maximum absolute atomic E-state index is 12.2. The summed E-state index contributed by atoms with van der Waals surface area (Å²) < 4.78 is 37.1. The Bertz CT molecular complexity index is 377. The van der Waals surface area contributed by atoms with Crippen LogP contribution in [0.4, 0.5) is 13.2 Å². The lowest BCUT2D eigenvalue weighted by atomic mass is 10.1. The molecule has 15 heavy (non-hydrogen) atoms. The van der Waals surface area contributed by atoms with Gasteiger partial charge in [-0.1, -0.05) is 23.7 Å². The van der Waals surface area contributed by atoms with Crippen LogP contribution in [0.25, 0.3) is 5.03 Å². The largest absolute Gasteiger partial charge is 0.416 e. The molecule has 0 aromatic heterocycles. The molecule has 0 aliphatic heterocycles. The first-order valence-electron chi connectivity index (χ1n) is 3.71. The van der Waals surface area contributed by atoms with Crippen molar-refractivity contribution < 1.29 is 13.2 Å². The molecule has 1 aromatic carbocycles. The van der Waals surface area contributed by atoms with Crippen LogP contribution >= 0.6 is 43.5 Å². The zero-order valence-electron chi connectivity index (χ0n) is 7.08. The fraction of sp³-hybridized carbons (Fsp3) is 0.111. The number of alkyl halides is 3. The van der Waals surface area contributed by atoms with E-state index in [1.165, 1.54) is 12.1 Å². The van der Waals surface area contributed by atoms with Gasteiger partial charge in [-0.05, 0) is 49.6 Å². The normalized spacial score (nSPS) is 11.3. The van der Waals surface area contributed by atoms with Crippen molar-refractivity contribution in [2.45, 2.75) is 6.18 Å². The number of halogens is 6. The first kappa shape index (κ1) is 13.1. The average molecular weight is 364 g/mol. The van der Waals surface area contributed by atoms with Gasteiger partial charge in [-0.3, -0.25) is 0 Å². The van der Waals surface area contributed by atoms with Gasteiger partial charge < -0.3 is 0 Å². The van der Waals surface area contributed by atoms with Crippen LogP contribution < -0.4 is 0 Å². The molecule has 1 rings (SSSR count). The van der Waals surface area contributed by atoms with E-state index in [4.69, 9.17) is 11.6 Å². The predicted octanol–water partition coefficient (Wildman–Crippen LogP) is 5.36. The van der Waals surface area contributed by atoms with Crippen LogP contribution in [0.2, 0.25) is 0 Å². The second kappa shape index (κ2) is 4.89. The monoisotopic (exact) mass is 362 g/mol.